The van der Waals surface area contributed by atoms with Crippen molar-refractivity contribution in [2.75, 3.05) is 6.61 Å². The molecule has 0 saturated carbocycles. The van der Waals surface area contributed by atoms with Crippen molar-refractivity contribution in [3.8, 4) is 0 Å². The van der Waals surface area contributed by atoms with Crippen LogP contribution in [0, 0.1) is 23.7 Å². The molecule has 0 aromatic rings. The molecule has 6 atom stereocenters. The van der Waals surface area contributed by atoms with Crippen LogP contribution < -0.4 is 5.32 Å². The molecule has 0 radical (unpaired) electrons. The second-order valence-electron chi connectivity index (χ2n) is 8.69. The molecular weight excluding hydrogens is 418 g/mol. The molecule has 0 aliphatic heterocycles. The van der Waals surface area contributed by atoms with Crippen LogP contribution in [0.25, 0.3) is 0 Å². The first-order valence-electron chi connectivity index (χ1n) is 10.7. The van der Waals surface area contributed by atoms with E-state index in [0.717, 1.165) is 0 Å². The molecule has 0 heterocycles. The van der Waals surface area contributed by atoms with E-state index in [1.165, 1.54) is 26.8 Å². The number of Topliss-reactive ketones (excluding diaryl/α,β-unsaturated/α-hetero) is 1. The first kappa shape index (κ1) is 27.5. The van der Waals surface area contributed by atoms with Gasteiger partial charge in [-0.2, -0.15) is 0 Å². The van der Waals surface area contributed by atoms with E-state index in [2.05, 4.69) is 5.32 Å². The van der Waals surface area contributed by atoms with Crippen molar-refractivity contribution >= 4 is 23.6 Å². The van der Waals surface area contributed by atoms with Gasteiger partial charge in [-0.3, -0.25) is 19.2 Å². The number of rotatable bonds is 10. The van der Waals surface area contributed by atoms with Gasteiger partial charge in [0.2, 0.25) is 5.91 Å². The van der Waals surface area contributed by atoms with Gasteiger partial charge in [0.05, 0.1) is 17.9 Å². The molecule has 0 spiro atoms. The second kappa shape index (κ2) is 11.9. The number of amides is 1. The average Bonchev–Trinajstić information content (AvgIpc) is 2.69. The first-order chi connectivity index (χ1) is 14.8. The Morgan fingerprint density at radius 3 is 2.16 bits per heavy atom. The SMILES string of the molecule is CC(=O)N[C@H]1CC=CC(C(=O)O)C1C(=O)OC/C(C)=C(\C(C)C)[C@@H](O)C(=O)C(C)[C@H](C)O. The number of aliphatic hydroxyl groups is 2. The van der Waals surface area contributed by atoms with Crippen molar-refractivity contribution < 1.29 is 39.2 Å². The Morgan fingerprint density at radius 2 is 1.69 bits per heavy atom. The van der Waals surface area contributed by atoms with Crippen LogP contribution in [0.5, 0.6) is 0 Å². The van der Waals surface area contributed by atoms with Crippen molar-refractivity contribution in [1.29, 1.82) is 0 Å². The Hall–Kier alpha value is -2.52. The molecule has 9 heteroatoms. The van der Waals surface area contributed by atoms with Crippen LogP contribution in [0.15, 0.2) is 23.3 Å². The van der Waals surface area contributed by atoms with Crippen molar-refractivity contribution in [3.63, 3.8) is 0 Å². The summed E-state index contributed by atoms with van der Waals surface area (Å²) in [5.74, 6) is -6.21. The van der Waals surface area contributed by atoms with Gasteiger partial charge in [-0.25, -0.2) is 0 Å². The Bertz CT molecular complexity index is 783. The molecule has 0 saturated heterocycles. The predicted octanol–water partition coefficient (Wildman–Crippen LogP) is 1.23. The number of esters is 1. The van der Waals surface area contributed by atoms with E-state index in [0.29, 0.717) is 17.6 Å². The highest BCUT2D eigenvalue weighted by atomic mass is 16.5. The van der Waals surface area contributed by atoms with Gasteiger partial charge in [-0.05, 0) is 37.3 Å². The lowest BCUT2D eigenvalue weighted by molar-refractivity contribution is -0.157. The van der Waals surface area contributed by atoms with Crippen LogP contribution >= 0.6 is 0 Å². The maximum atomic E-state index is 12.8. The predicted molar refractivity (Wildman–Crippen MR) is 116 cm³/mol. The second-order valence-corrected chi connectivity index (χ2v) is 8.69. The largest absolute Gasteiger partial charge is 0.481 e. The smallest absolute Gasteiger partial charge is 0.312 e. The third kappa shape index (κ3) is 7.00. The van der Waals surface area contributed by atoms with Crippen molar-refractivity contribution in [2.45, 2.75) is 66.2 Å². The van der Waals surface area contributed by atoms with Gasteiger partial charge >= 0.3 is 11.9 Å². The van der Waals surface area contributed by atoms with Crippen molar-refractivity contribution in [1.82, 2.24) is 5.32 Å². The topological polar surface area (TPSA) is 150 Å². The van der Waals surface area contributed by atoms with Crippen LogP contribution in [0.2, 0.25) is 0 Å². The average molecular weight is 454 g/mol. The number of aliphatic hydroxyl groups excluding tert-OH is 2. The fraction of sp³-hybridized carbons (Fsp3) is 0.652. The normalized spacial score (nSPS) is 24.2. The number of nitrogens with one attached hydrogen (secondary N) is 1. The minimum absolute atomic E-state index is 0.245. The molecule has 1 aliphatic carbocycles. The fourth-order valence-electron chi connectivity index (χ4n) is 3.89. The Morgan fingerprint density at radius 1 is 1.09 bits per heavy atom. The van der Waals surface area contributed by atoms with Gasteiger partial charge in [0.1, 0.15) is 12.7 Å². The number of ether oxygens (including phenoxy) is 1. The van der Waals surface area contributed by atoms with E-state index in [1.54, 1.807) is 26.8 Å². The zero-order chi connectivity index (χ0) is 24.7. The molecule has 3 unspecified atom stereocenters. The van der Waals surface area contributed by atoms with Crippen LogP contribution in [0.1, 0.15) is 48.0 Å². The monoisotopic (exact) mass is 453 g/mol. The van der Waals surface area contributed by atoms with Crippen LogP contribution in [-0.4, -0.2) is 63.8 Å². The molecule has 9 nitrogen and oxygen atoms in total. The van der Waals surface area contributed by atoms with E-state index in [4.69, 9.17) is 4.74 Å². The highest BCUT2D eigenvalue weighted by Crippen LogP contribution is 2.28. The van der Waals surface area contributed by atoms with Gasteiger partial charge < -0.3 is 25.4 Å². The van der Waals surface area contributed by atoms with Crippen LogP contribution in [-0.2, 0) is 23.9 Å². The molecule has 0 bridgehead atoms. The molecule has 4 N–H and O–H groups in total. The Balaban J connectivity index is 3.10. The molecule has 0 fully saturated rings. The molecule has 180 valence electrons. The maximum Gasteiger partial charge on any atom is 0.312 e. The van der Waals surface area contributed by atoms with Gasteiger partial charge in [0, 0.05) is 18.9 Å². The van der Waals surface area contributed by atoms with E-state index >= 15 is 0 Å². The molecule has 0 aromatic carbocycles. The number of hydrogen-bond acceptors (Lipinski definition) is 7. The van der Waals surface area contributed by atoms with Gasteiger partial charge in [0.25, 0.3) is 0 Å². The summed E-state index contributed by atoms with van der Waals surface area (Å²) in [7, 11) is 0. The minimum atomic E-state index is -1.46. The highest BCUT2D eigenvalue weighted by Gasteiger charge is 2.41. The molecule has 1 rings (SSSR count). The van der Waals surface area contributed by atoms with Gasteiger partial charge in [-0.15, -0.1) is 0 Å². The quantitative estimate of drug-likeness (QED) is 0.285. The molecule has 1 amide bonds. The summed E-state index contributed by atoms with van der Waals surface area (Å²) < 4.78 is 5.39. The first-order valence-corrected chi connectivity index (χ1v) is 10.7. The fourth-order valence-corrected chi connectivity index (χ4v) is 3.89. The number of aliphatic carboxylic acids is 1. The molecule has 0 aromatic heterocycles. The lowest BCUT2D eigenvalue weighted by atomic mass is 9.80. The number of carboxylic acids is 1. The zero-order valence-corrected chi connectivity index (χ0v) is 19.5. The van der Waals surface area contributed by atoms with E-state index in [-0.39, 0.29) is 18.4 Å². The number of hydrogen-bond donors (Lipinski definition) is 4. The number of carbonyl (C=O) groups excluding carboxylic acids is 3. The maximum absolute atomic E-state index is 12.8. The summed E-state index contributed by atoms with van der Waals surface area (Å²) in [6.45, 7) is 9.20. The Labute approximate surface area is 188 Å². The molecule has 1 aliphatic rings. The van der Waals surface area contributed by atoms with Crippen LogP contribution in [0.3, 0.4) is 0 Å². The van der Waals surface area contributed by atoms with Gasteiger partial charge in [-0.1, -0.05) is 32.9 Å². The number of ketones is 1. The summed E-state index contributed by atoms with van der Waals surface area (Å²) in [6, 6.07) is -0.723. The molecular formula is C23H35NO8. The lowest BCUT2D eigenvalue weighted by Crippen LogP contribution is -2.49. The van der Waals surface area contributed by atoms with Crippen molar-refractivity contribution in [3.05, 3.63) is 23.3 Å². The number of carbonyl (C=O) groups is 4. The third-order valence-corrected chi connectivity index (χ3v) is 5.78. The minimum Gasteiger partial charge on any atom is -0.481 e. The summed E-state index contributed by atoms with van der Waals surface area (Å²) >= 11 is 0. The molecule has 32 heavy (non-hydrogen) atoms. The zero-order valence-electron chi connectivity index (χ0n) is 19.5. The van der Waals surface area contributed by atoms with Crippen LogP contribution in [0.4, 0.5) is 0 Å². The van der Waals surface area contributed by atoms with E-state index in [1.807, 2.05) is 0 Å². The highest BCUT2D eigenvalue weighted by molar-refractivity contribution is 5.88. The van der Waals surface area contributed by atoms with E-state index < -0.39 is 53.7 Å². The summed E-state index contributed by atoms with van der Waals surface area (Å²) in [5.41, 5.74) is 0.841. The number of carboxylic acid groups (broad SMARTS) is 1. The van der Waals surface area contributed by atoms with Crippen molar-refractivity contribution in [2.24, 2.45) is 23.7 Å². The standard InChI is InChI=1S/C23H35NO8/c1-11(2)18(21(28)20(27)13(4)14(5)25)12(3)10-32-23(31)19-16(22(29)30)8-7-9-17(19)24-15(6)26/h7-8,11,13-14,16-17,19,21,25,28H,9-10H2,1-6H3,(H,24,26)(H,29,30)/b18-12+/t13?,14-,16?,17-,19?,21+/m0/s1. The Kier molecular flexibility index (Phi) is 10.2. The van der Waals surface area contributed by atoms with E-state index in [9.17, 15) is 34.5 Å². The third-order valence-electron chi connectivity index (χ3n) is 5.78. The summed E-state index contributed by atoms with van der Waals surface area (Å²) in [6.07, 6.45) is 0.918. The van der Waals surface area contributed by atoms with Gasteiger partial charge in [0.15, 0.2) is 5.78 Å². The summed E-state index contributed by atoms with van der Waals surface area (Å²) in [4.78, 5) is 48.5. The summed E-state index contributed by atoms with van der Waals surface area (Å²) in [5, 5.41) is 32.4. The lowest BCUT2D eigenvalue weighted by Gasteiger charge is -2.31.